The molecule has 106 valence electrons. The molecule has 1 rings (SSSR count). The number of carboxylic acids is 1. The highest BCUT2D eigenvalue weighted by atomic mass is 16.4. The van der Waals surface area contributed by atoms with E-state index in [2.05, 4.69) is 11.2 Å². The number of aliphatic carboxylic acids is 1. The van der Waals surface area contributed by atoms with Gasteiger partial charge in [-0.05, 0) is 31.9 Å². The number of aryl methyl sites for hydroxylation is 3. The fourth-order valence-corrected chi connectivity index (χ4v) is 2.04. The molecular weight excluding hydrogens is 256 g/mol. The van der Waals surface area contributed by atoms with Crippen molar-refractivity contribution in [2.75, 3.05) is 18.4 Å². The third-order valence-electron chi connectivity index (χ3n) is 2.80. The summed E-state index contributed by atoms with van der Waals surface area (Å²) in [7, 11) is 0. The minimum Gasteiger partial charge on any atom is -0.480 e. The first-order valence-electron chi connectivity index (χ1n) is 6.14. The second-order valence-electron chi connectivity index (χ2n) is 4.66. The summed E-state index contributed by atoms with van der Waals surface area (Å²) in [6, 6.07) is 3.39. The van der Waals surface area contributed by atoms with Gasteiger partial charge < -0.3 is 15.3 Å². The van der Waals surface area contributed by atoms with Crippen LogP contribution in [0.25, 0.3) is 0 Å². The molecule has 5 nitrogen and oxygen atoms in total. The number of benzene rings is 1. The molecule has 2 N–H and O–H groups in total. The van der Waals surface area contributed by atoms with Gasteiger partial charge in [0.1, 0.15) is 6.54 Å². The van der Waals surface area contributed by atoms with E-state index in [1.807, 2.05) is 32.9 Å². The number of terminal acetylenes is 1. The summed E-state index contributed by atoms with van der Waals surface area (Å²) in [5.74, 6) is 1.18. The van der Waals surface area contributed by atoms with Crippen LogP contribution in [0.4, 0.5) is 10.5 Å². The number of carbonyl (C=O) groups excluding carboxylic acids is 1. The molecule has 20 heavy (non-hydrogen) atoms. The lowest BCUT2D eigenvalue weighted by Crippen LogP contribution is -2.39. The number of nitrogens with zero attached hydrogens (tertiary/aromatic N) is 1. The number of urea groups is 1. The van der Waals surface area contributed by atoms with E-state index in [0.29, 0.717) is 5.69 Å². The van der Waals surface area contributed by atoms with Gasteiger partial charge in [-0.3, -0.25) is 4.79 Å². The first-order valence-corrected chi connectivity index (χ1v) is 6.14. The van der Waals surface area contributed by atoms with E-state index in [1.165, 1.54) is 0 Å². The molecule has 0 saturated carbocycles. The number of rotatable bonds is 4. The van der Waals surface area contributed by atoms with Gasteiger partial charge in [0.25, 0.3) is 0 Å². The van der Waals surface area contributed by atoms with Gasteiger partial charge in [-0.2, -0.15) is 0 Å². The van der Waals surface area contributed by atoms with Gasteiger partial charge in [0.15, 0.2) is 0 Å². The minimum absolute atomic E-state index is 0.0535. The molecule has 0 aliphatic heterocycles. The Kier molecular flexibility index (Phi) is 5.15. The second-order valence-corrected chi connectivity index (χ2v) is 4.66. The number of nitrogens with one attached hydrogen (secondary N) is 1. The Labute approximate surface area is 118 Å². The van der Waals surface area contributed by atoms with Crippen LogP contribution in [-0.4, -0.2) is 35.1 Å². The van der Waals surface area contributed by atoms with Gasteiger partial charge >= 0.3 is 12.0 Å². The van der Waals surface area contributed by atoms with E-state index < -0.39 is 18.5 Å². The van der Waals surface area contributed by atoms with Crippen molar-refractivity contribution in [2.24, 2.45) is 0 Å². The van der Waals surface area contributed by atoms with Crippen LogP contribution in [0.1, 0.15) is 16.7 Å². The van der Waals surface area contributed by atoms with Crippen LogP contribution in [0.5, 0.6) is 0 Å². The van der Waals surface area contributed by atoms with Crippen LogP contribution in [-0.2, 0) is 4.79 Å². The lowest BCUT2D eigenvalue weighted by molar-refractivity contribution is -0.137. The van der Waals surface area contributed by atoms with Gasteiger partial charge in [-0.1, -0.05) is 23.6 Å². The zero-order chi connectivity index (χ0) is 15.3. The smallest absolute Gasteiger partial charge is 0.323 e. The highest BCUT2D eigenvalue weighted by Gasteiger charge is 2.17. The normalized spacial score (nSPS) is 9.70. The summed E-state index contributed by atoms with van der Waals surface area (Å²) in [4.78, 5) is 23.9. The second kappa shape index (κ2) is 6.62. The van der Waals surface area contributed by atoms with Crippen molar-refractivity contribution in [3.63, 3.8) is 0 Å². The Balaban J connectivity index is 2.94. The standard InChI is InChI=1S/C15H18N2O3/c1-5-6-17(9-13(18)19)15(20)16-14-11(3)7-10(2)8-12(14)4/h1,7-8H,6,9H2,2-4H3,(H,16,20)(H,18,19). The zero-order valence-electron chi connectivity index (χ0n) is 11.9. The molecule has 1 aromatic carbocycles. The molecular formula is C15H18N2O3. The average Bonchev–Trinajstić information content (AvgIpc) is 2.32. The Morgan fingerprint density at radius 1 is 1.30 bits per heavy atom. The molecule has 0 fully saturated rings. The highest BCUT2D eigenvalue weighted by Crippen LogP contribution is 2.22. The first kappa shape index (κ1) is 15.6. The Hall–Kier alpha value is -2.48. The maximum Gasteiger partial charge on any atom is 0.323 e. The number of amides is 2. The van der Waals surface area contributed by atoms with E-state index in [1.54, 1.807) is 0 Å². The molecule has 0 aliphatic carbocycles. The third kappa shape index (κ3) is 4.02. The minimum atomic E-state index is -1.10. The largest absolute Gasteiger partial charge is 0.480 e. The molecule has 2 amide bonds. The number of carboxylic acid groups (broad SMARTS) is 1. The number of anilines is 1. The van der Waals surface area contributed by atoms with E-state index in [0.717, 1.165) is 21.6 Å². The van der Waals surface area contributed by atoms with Crippen molar-refractivity contribution in [2.45, 2.75) is 20.8 Å². The molecule has 0 aromatic heterocycles. The SMILES string of the molecule is C#CCN(CC(=O)O)C(=O)Nc1c(C)cc(C)cc1C. The van der Waals surface area contributed by atoms with Crippen molar-refractivity contribution in [1.82, 2.24) is 4.90 Å². The molecule has 0 heterocycles. The quantitative estimate of drug-likeness (QED) is 0.827. The maximum atomic E-state index is 12.1. The third-order valence-corrected chi connectivity index (χ3v) is 2.80. The molecule has 1 aromatic rings. The summed E-state index contributed by atoms with van der Waals surface area (Å²) in [6.07, 6.45) is 5.15. The highest BCUT2D eigenvalue weighted by molar-refractivity contribution is 5.93. The molecule has 0 radical (unpaired) electrons. The number of hydrogen-bond donors (Lipinski definition) is 2. The Morgan fingerprint density at radius 3 is 2.30 bits per heavy atom. The van der Waals surface area contributed by atoms with Gasteiger partial charge in [-0.15, -0.1) is 6.42 Å². The summed E-state index contributed by atoms with van der Waals surface area (Å²) in [5.41, 5.74) is 3.63. The van der Waals surface area contributed by atoms with E-state index in [4.69, 9.17) is 11.5 Å². The van der Waals surface area contributed by atoms with Gasteiger partial charge in [0.2, 0.25) is 0 Å². The molecule has 0 saturated heterocycles. The summed E-state index contributed by atoms with van der Waals surface area (Å²) in [5, 5.41) is 11.5. The topological polar surface area (TPSA) is 69.6 Å². The maximum absolute atomic E-state index is 12.1. The van der Waals surface area contributed by atoms with Gasteiger partial charge in [-0.25, -0.2) is 4.79 Å². The van der Waals surface area contributed by atoms with Crippen molar-refractivity contribution >= 4 is 17.7 Å². The predicted molar refractivity (Wildman–Crippen MR) is 77.7 cm³/mol. The first-order chi connectivity index (χ1) is 9.35. The molecule has 0 atom stereocenters. The van der Waals surface area contributed by atoms with Gasteiger partial charge in [0, 0.05) is 5.69 Å². The van der Waals surface area contributed by atoms with E-state index in [9.17, 15) is 9.59 Å². The van der Waals surface area contributed by atoms with Crippen LogP contribution in [0.2, 0.25) is 0 Å². The van der Waals surface area contributed by atoms with Crippen LogP contribution in [0.3, 0.4) is 0 Å². The van der Waals surface area contributed by atoms with E-state index >= 15 is 0 Å². The molecule has 0 spiro atoms. The zero-order valence-corrected chi connectivity index (χ0v) is 11.9. The predicted octanol–water partition coefficient (Wildman–Crippen LogP) is 2.16. The molecule has 0 unspecified atom stereocenters. The van der Waals surface area contributed by atoms with Crippen molar-refractivity contribution in [1.29, 1.82) is 0 Å². The van der Waals surface area contributed by atoms with Gasteiger partial charge in [0.05, 0.1) is 6.54 Å². The van der Waals surface area contributed by atoms with Crippen LogP contribution < -0.4 is 5.32 Å². The lowest BCUT2D eigenvalue weighted by Gasteiger charge is -2.20. The number of carbonyl (C=O) groups is 2. The molecule has 0 bridgehead atoms. The Bertz CT molecular complexity index is 550. The van der Waals surface area contributed by atoms with Crippen LogP contribution in [0, 0.1) is 33.1 Å². The number of hydrogen-bond acceptors (Lipinski definition) is 2. The van der Waals surface area contributed by atoms with Crippen molar-refractivity contribution in [3.8, 4) is 12.3 Å². The fourth-order valence-electron chi connectivity index (χ4n) is 2.04. The monoisotopic (exact) mass is 274 g/mol. The van der Waals surface area contributed by atoms with Crippen LogP contribution >= 0.6 is 0 Å². The summed E-state index contributed by atoms with van der Waals surface area (Å²) < 4.78 is 0. The Morgan fingerprint density at radius 2 is 1.85 bits per heavy atom. The van der Waals surface area contributed by atoms with Crippen LogP contribution in [0.15, 0.2) is 12.1 Å². The lowest BCUT2D eigenvalue weighted by atomic mass is 10.1. The fraction of sp³-hybridized carbons (Fsp3) is 0.333. The summed E-state index contributed by atoms with van der Waals surface area (Å²) in [6.45, 7) is 5.26. The van der Waals surface area contributed by atoms with E-state index in [-0.39, 0.29) is 6.54 Å². The average molecular weight is 274 g/mol. The molecule has 5 heteroatoms. The molecule has 0 aliphatic rings. The summed E-state index contributed by atoms with van der Waals surface area (Å²) >= 11 is 0. The van der Waals surface area contributed by atoms with Crippen molar-refractivity contribution in [3.05, 3.63) is 28.8 Å². The van der Waals surface area contributed by atoms with Crippen molar-refractivity contribution < 1.29 is 14.7 Å².